The van der Waals surface area contributed by atoms with Crippen molar-refractivity contribution in [1.82, 2.24) is 9.80 Å². The summed E-state index contributed by atoms with van der Waals surface area (Å²) in [5, 5.41) is 9.89. The second-order valence-electron chi connectivity index (χ2n) is 6.08. The Morgan fingerprint density at radius 2 is 2.10 bits per heavy atom. The van der Waals surface area contributed by atoms with Gasteiger partial charge in [0.05, 0.1) is 6.10 Å². The summed E-state index contributed by atoms with van der Waals surface area (Å²) in [5.41, 5.74) is 2.83. The number of benzene rings is 1. The molecular weight excluding hydrogens is 252 g/mol. The molecule has 1 N–H and O–H groups in total. The number of hydrogen-bond acceptors (Lipinski definition) is 3. The first-order valence-electron chi connectivity index (χ1n) is 7.09. The molecule has 0 aromatic heterocycles. The SMILES string of the molecule is Cc1ccc(C)c(C(=O)N2CC(O)CC2CN(C)C)c1. The van der Waals surface area contributed by atoms with E-state index < -0.39 is 6.10 Å². The number of β-amino-alcohol motifs (C(OH)–C–C–N with tert-alkyl or cyclic N) is 1. The number of carbonyl (C=O) groups excluding carboxylic acids is 1. The molecule has 2 unspecified atom stereocenters. The lowest BCUT2D eigenvalue weighted by Gasteiger charge is -2.27. The maximum Gasteiger partial charge on any atom is 0.254 e. The molecule has 1 heterocycles. The monoisotopic (exact) mass is 276 g/mol. The molecule has 0 aliphatic carbocycles. The zero-order valence-corrected chi connectivity index (χ0v) is 12.8. The maximum atomic E-state index is 12.8. The van der Waals surface area contributed by atoms with Gasteiger partial charge in [-0.2, -0.15) is 0 Å². The Hall–Kier alpha value is -1.39. The third kappa shape index (κ3) is 3.19. The van der Waals surface area contributed by atoms with Crippen molar-refractivity contribution in [3.63, 3.8) is 0 Å². The van der Waals surface area contributed by atoms with Crippen LogP contribution in [0.2, 0.25) is 0 Å². The van der Waals surface area contributed by atoms with E-state index in [0.29, 0.717) is 13.0 Å². The Morgan fingerprint density at radius 1 is 1.40 bits per heavy atom. The number of aliphatic hydroxyl groups is 1. The van der Waals surface area contributed by atoms with Gasteiger partial charge in [0.15, 0.2) is 0 Å². The van der Waals surface area contributed by atoms with E-state index in [2.05, 4.69) is 4.90 Å². The molecule has 1 amide bonds. The Balaban J connectivity index is 2.24. The molecule has 1 aliphatic heterocycles. The van der Waals surface area contributed by atoms with Gasteiger partial charge in [-0.3, -0.25) is 4.79 Å². The summed E-state index contributed by atoms with van der Waals surface area (Å²) >= 11 is 0. The van der Waals surface area contributed by atoms with Crippen LogP contribution >= 0.6 is 0 Å². The third-order valence-electron chi connectivity index (χ3n) is 3.85. The molecule has 1 aromatic carbocycles. The summed E-state index contributed by atoms with van der Waals surface area (Å²) in [6, 6.07) is 6.03. The number of amides is 1. The van der Waals surface area contributed by atoms with Crippen molar-refractivity contribution in [1.29, 1.82) is 0 Å². The van der Waals surface area contributed by atoms with Crippen LogP contribution in [0.25, 0.3) is 0 Å². The minimum Gasteiger partial charge on any atom is -0.391 e. The standard InChI is InChI=1S/C16H24N2O2/c1-11-5-6-12(2)15(7-11)16(20)18-10-14(19)8-13(18)9-17(3)4/h5-7,13-14,19H,8-10H2,1-4H3. The van der Waals surface area contributed by atoms with Crippen LogP contribution in [0.1, 0.15) is 27.9 Å². The number of carbonyl (C=O) groups is 1. The van der Waals surface area contributed by atoms with E-state index in [0.717, 1.165) is 23.2 Å². The molecule has 1 saturated heterocycles. The van der Waals surface area contributed by atoms with Crippen molar-refractivity contribution in [3.8, 4) is 0 Å². The van der Waals surface area contributed by atoms with Gasteiger partial charge in [-0.25, -0.2) is 0 Å². The number of likely N-dealkylation sites (tertiary alicyclic amines) is 1. The molecule has 2 atom stereocenters. The Morgan fingerprint density at radius 3 is 2.75 bits per heavy atom. The first kappa shape index (κ1) is 15.0. The number of nitrogens with zero attached hydrogens (tertiary/aromatic N) is 2. The first-order chi connectivity index (χ1) is 9.38. The van der Waals surface area contributed by atoms with Gasteiger partial charge in [-0.05, 0) is 46.0 Å². The lowest BCUT2D eigenvalue weighted by molar-refractivity contribution is 0.0698. The summed E-state index contributed by atoms with van der Waals surface area (Å²) in [4.78, 5) is 16.6. The minimum absolute atomic E-state index is 0.0367. The topological polar surface area (TPSA) is 43.8 Å². The van der Waals surface area contributed by atoms with E-state index in [-0.39, 0.29) is 11.9 Å². The predicted octanol–water partition coefficient (Wildman–Crippen LogP) is 1.44. The van der Waals surface area contributed by atoms with E-state index >= 15 is 0 Å². The van der Waals surface area contributed by atoms with Crippen LogP contribution in [0.3, 0.4) is 0 Å². The highest BCUT2D eigenvalue weighted by Crippen LogP contribution is 2.23. The normalized spacial score (nSPS) is 22.6. The number of rotatable bonds is 3. The zero-order chi connectivity index (χ0) is 14.9. The lowest BCUT2D eigenvalue weighted by Crippen LogP contribution is -2.41. The largest absolute Gasteiger partial charge is 0.391 e. The summed E-state index contributed by atoms with van der Waals surface area (Å²) in [7, 11) is 3.98. The second kappa shape index (κ2) is 5.94. The lowest BCUT2D eigenvalue weighted by atomic mass is 10.0. The van der Waals surface area contributed by atoms with Crippen LogP contribution in [-0.2, 0) is 0 Å². The molecule has 2 rings (SSSR count). The van der Waals surface area contributed by atoms with Crippen molar-refractivity contribution in [3.05, 3.63) is 34.9 Å². The Bertz CT molecular complexity index is 499. The van der Waals surface area contributed by atoms with Crippen LogP contribution in [0.4, 0.5) is 0 Å². The molecule has 1 fully saturated rings. The van der Waals surface area contributed by atoms with E-state index in [1.165, 1.54) is 0 Å². The highest BCUT2D eigenvalue weighted by Gasteiger charge is 2.35. The summed E-state index contributed by atoms with van der Waals surface area (Å²) in [5.74, 6) is 0.0367. The van der Waals surface area contributed by atoms with Gasteiger partial charge in [0.25, 0.3) is 5.91 Å². The van der Waals surface area contributed by atoms with Crippen molar-refractivity contribution in [2.45, 2.75) is 32.4 Å². The molecule has 0 bridgehead atoms. The van der Waals surface area contributed by atoms with E-state index in [1.54, 1.807) is 0 Å². The minimum atomic E-state index is -0.408. The fraction of sp³-hybridized carbons (Fsp3) is 0.562. The van der Waals surface area contributed by atoms with Crippen molar-refractivity contribution >= 4 is 5.91 Å². The smallest absolute Gasteiger partial charge is 0.254 e. The van der Waals surface area contributed by atoms with Crippen LogP contribution in [0.5, 0.6) is 0 Å². The molecule has 0 radical (unpaired) electrons. The maximum absolute atomic E-state index is 12.8. The number of aliphatic hydroxyl groups excluding tert-OH is 1. The fourth-order valence-electron chi connectivity index (χ4n) is 2.86. The third-order valence-corrected chi connectivity index (χ3v) is 3.85. The number of aryl methyl sites for hydroxylation is 2. The average Bonchev–Trinajstić information content (AvgIpc) is 2.71. The van der Waals surface area contributed by atoms with E-state index in [9.17, 15) is 9.90 Å². The summed E-state index contributed by atoms with van der Waals surface area (Å²) in [6.07, 6.45) is 0.253. The molecule has 0 spiro atoms. The van der Waals surface area contributed by atoms with Gasteiger partial charge in [0, 0.05) is 24.7 Å². The quantitative estimate of drug-likeness (QED) is 0.908. The van der Waals surface area contributed by atoms with Gasteiger partial charge in [0.1, 0.15) is 0 Å². The van der Waals surface area contributed by atoms with Crippen LogP contribution < -0.4 is 0 Å². The predicted molar refractivity (Wildman–Crippen MR) is 79.9 cm³/mol. The highest BCUT2D eigenvalue weighted by molar-refractivity contribution is 5.96. The van der Waals surface area contributed by atoms with Crippen LogP contribution in [0.15, 0.2) is 18.2 Å². The number of likely N-dealkylation sites (N-methyl/N-ethyl adjacent to an activating group) is 1. The van der Waals surface area contributed by atoms with Crippen molar-refractivity contribution in [2.75, 3.05) is 27.2 Å². The molecule has 4 nitrogen and oxygen atoms in total. The first-order valence-corrected chi connectivity index (χ1v) is 7.09. The number of hydrogen-bond donors (Lipinski definition) is 1. The van der Waals surface area contributed by atoms with Crippen molar-refractivity contribution in [2.24, 2.45) is 0 Å². The molecule has 1 aliphatic rings. The highest BCUT2D eigenvalue weighted by atomic mass is 16.3. The van der Waals surface area contributed by atoms with Crippen LogP contribution in [0, 0.1) is 13.8 Å². The van der Waals surface area contributed by atoms with Gasteiger partial charge in [-0.1, -0.05) is 17.7 Å². The molecule has 110 valence electrons. The van der Waals surface area contributed by atoms with E-state index in [1.807, 2.05) is 51.0 Å². The molecular formula is C16H24N2O2. The average molecular weight is 276 g/mol. The fourth-order valence-corrected chi connectivity index (χ4v) is 2.86. The molecule has 20 heavy (non-hydrogen) atoms. The zero-order valence-electron chi connectivity index (χ0n) is 12.8. The molecule has 4 heteroatoms. The second-order valence-corrected chi connectivity index (χ2v) is 6.08. The molecule has 0 saturated carbocycles. The van der Waals surface area contributed by atoms with Gasteiger partial charge >= 0.3 is 0 Å². The van der Waals surface area contributed by atoms with Crippen molar-refractivity contribution < 1.29 is 9.90 Å². The summed E-state index contributed by atoms with van der Waals surface area (Å²) < 4.78 is 0. The van der Waals surface area contributed by atoms with Gasteiger partial charge in [-0.15, -0.1) is 0 Å². The Kier molecular flexibility index (Phi) is 4.45. The van der Waals surface area contributed by atoms with Gasteiger partial charge < -0.3 is 14.9 Å². The van der Waals surface area contributed by atoms with E-state index in [4.69, 9.17) is 0 Å². The van der Waals surface area contributed by atoms with Crippen LogP contribution in [-0.4, -0.2) is 60.1 Å². The summed E-state index contributed by atoms with van der Waals surface area (Å²) in [6.45, 7) is 5.17. The Labute approximate surface area is 121 Å². The van der Waals surface area contributed by atoms with Gasteiger partial charge in [0.2, 0.25) is 0 Å². The molecule has 1 aromatic rings.